The van der Waals surface area contributed by atoms with E-state index in [0.717, 1.165) is 23.3 Å². The van der Waals surface area contributed by atoms with Gasteiger partial charge in [-0.3, -0.25) is 0 Å². The lowest BCUT2D eigenvalue weighted by Crippen LogP contribution is -2.34. The maximum absolute atomic E-state index is 5.60. The van der Waals surface area contributed by atoms with Gasteiger partial charge in [-0.25, -0.2) is 0 Å². The minimum Gasteiger partial charge on any atom is -0.376 e. The van der Waals surface area contributed by atoms with Crippen LogP contribution < -0.4 is 0 Å². The van der Waals surface area contributed by atoms with Crippen molar-refractivity contribution in [3.05, 3.63) is 11.6 Å². The predicted molar refractivity (Wildman–Crippen MR) is 47.5 cm³/mol. The molecule has 1 nitrogen and oxygen atoms in total. The highest BCUT2D eigenvalue weighted by Crippen LogP contribution is 2.22. The molecule has 0 bridgehead atoms. The Bertz CT molecular complexity index is 130. The standard InChI is InChI=1S/C7H13ClOSi/c8-5-4-7(10)3-1-2-6-9-7/h4-5H,1-3,6H2,10H3. The molecular formula is C7H13ClOSi. The molecule has 1 aliphatic heterocycles. The van der Waals surface area contributed by atoms with Gasteiger partial charge in [-0.05, 0) is 25.3 Å². The van der Waals surface area contributed by atoms with Crippen LogP contribution in [0.1, 0.15) is 19.3 Å². The second-order valence-electron chi connectivity index (χ2n) is 2.91. The lowest BCUT2D eigenvalue weighted by Gasteiger charge is -2.30. The van der Waals surface area contributed by atoms with Crippen LogP contribution in [0, 0.1) is 0 Å². The molecule has 1 saturated heterocycles. The fraction of sp³-hybridized carbons (Fsp3) is 0.714. The molecule has 0 radical (unpaired) electrons. The van der Waals surface area contributed by atoms with Gasteiger partial charge < -0.3 is 4.74 Å². The smallest absolute Gasteiger partial charge is 0.0667 e. The van der Waals surface area contributed by atoms with Crippen molar-refractivity contribution in [1.29, 1.82) is 0 Å². The minimum atomic E-state index is 0.0556. The summed E-state index contributed by atoms with van der Waals surface area (Å²) in [7, 11) is 1.05. The molecule has 0 N–H and O–H groups in total. The number of hydrogen-bond acceptors (Lipinski definition) is 1. The van der Waals surface area contributed by atoms with Crippen LogP contribution in [0.3, 0.4) is 0 Å². The van der Waals surface area contributed by atoms with E-state index in [9.17, 15) is 0 Å². The van der Waals surface area contributed by atoms with Gasteiger partial charge in [-0.15, -0.1) is 0 Å². The van der Waals surface area contributed by atoms with Crippen LogP contribution >= 0.6 is 11.6 Å². The fourth-order valence-corrected chi connectivity index (χ4v) is 2.42. The van der Waals surface area contributed by atoms with E-state index in [-0.39, 0.29) is 5.22 Å². The SMILES string of the molecule is [SiH3]C1(C=CCl)CCCCO1. The van der Waals surface area contributed by atoms with Gasteiger partial charge >= 0.3 is 0 Å². The Morgan fingerprint density at radius 2 is 2.30 bits per heavy atom. The lowest BCUT2D eigenvalue weighted by molar-refractivity contribution is 0.0155. The molecule has 1 rings (SSSR count). The van der Waals surface area contributed by atoms with Crippen molar-refractivity contribution in [1.82, 2.24) is 0 Å². The summed E-state index contributed by atoms with van der Waals surface area (Å²) in [5.74, 6) is 0. The van der Waals surface area contributed by atoms with E-state index in [1.165, 1.54) is 12.8 Å². The third-order valence-electron chi connectivity index (χ3n) is 1.91. The number of hydrogen-bond donors (Lipinski definition) is 0. The molecule has 10 heavy (non-hydrogen) atoms. The molecule has 3 heteroatoms. The van der Waals surface area contributed by atoms with Crippen molar-refractivity contribution < 1.29 is 4.74 Å². The fourth-order valence-electron chi connectivity index (χ4n) is 1.22. The third kappa shape index (κ3) is 2.11. The molecule has 0 aromatic rings. The zero-order valence-electron chi connectivity index (χ0n) is 6.27. The van der Waals surface area contributed by atoms with E-state index in [0.29, 0.717) is 0 Å². The summed E-state index contributed by atoms with van der Waals surface area (Å²) >= 11 is 5.49. The van der Waals surface area contributed by atoms with Gasteiger partial charge in [-0.2, -0.15) is 0 Å². The van der Waals surface area contributed by atoms with E-state index in [1.807, 2.05) is 6.08 Å². The summed E-state index contributed by atoms with van der Waals surface area (Å²) < 4.78 is 5.60. The Morgan fingerprint density at radius 1 is 1.50 bits per heavy atom. The number of ether oxygens (including phenoxy) is 1. The van der Waals surface area contributed by atoms with Gasteiger partial charge in [0.05, 0.1) is 5.22 Å². The minimum absolute atomic E-state index is 0.0556. The normalized spacial score (nSPS) is 35.3. The summed E-state index contributed by atoms with van der Waals surface area (Å²) in [4.78, 5) is 0. The first-order valence-corrected chi connectivity index (χ1v) is 5.12. The van der Waals surface area contributed by atoms with Crippen molar-refractivity contribution in [3.8, 4) is 0 Å². The maximum Gasteiger partial charge on any atom is 0.0667 e. The van der Waals surface area contributed by atoms with Gasteiger partial charge in [-0.1, -0.05) is 11.6 Å². The van der Waals surface area contributed by atoms with Gasteiger partial charge in [0.1, 0.15) is 0 Å². The maximum atomic E-state index is 5.60. The van der Waals surface area contributed by atoms with Crippen LogP contribution in [-0.2, 0) is 4.74 Å². The molecule has 1 aliphatic rings. The summed E-state index contributed by atoms with van der Waals surface area (Å²) in [6.45, 7) is 0.907. The molecule has 1 fully saturated rings. The monoisotopic (exact) mass is 176 g/mol. The molecule has 1 atom stereocenters. The molecule has 0 aliphatic carbocycles. The van der Waals surface area contributed by atoms with Crippen LogP contribution in [0.5, 0.6) is 0 Å². The van der Waals surface area contributed by atoms with Gasteiger partial charge in [0.15, 0.2) is 0 Å². The zero-order valence-corrected chi connectivity index (χ0v) is 9.03. The van der Waals surface area contributed by atoms with Crippen LogP contribution in [0.2, 0.25) is 0 Å². The Hall–Kier alpha value is 0.207. The van der Waals surface area contributed by atoms with Crippen molar-refractivity contribution in [2.75, 3.05) is 6.61 Å². The molecule has 0 amide bonds. The molecule has 0 saturated carbocycles. The van der Waals surface area contributed by atoms with E-state index >= 15 is 0 Å². The molecule has 0 spiro atoms. The summed E-state index contributed by atoms with van der Waals surface area (Å²) in [5.41, 5.74) is 1.58. The van der Waals surface area contributed by atoms with E-state index in [4.69, 9.17) is 16.3 Å². The van der Waals surface area contributed by atoms with Gasteiger partial charge in [0, 0.05) is 22.4 Å². The Morgan fingerprint density at radius 3 is 2.80 bits per heavy atom. The first kappa shape index (κ1) is 8.30. The van der Waals surface area contributed by atoms with E-state index in [2.05, 4.69) is 0 Å². The lowest BCUT2D eigenvalue weighted by atomic mass is 10.1. The van der Waals surface area contributed by atoms with E-state index < -0.39 is 0 Å². The average molecular weight is 177 g/mol. The zero-order chi connectivity index (χ0) is 7.45. The highest BCUT2D eigenvalue weighted by Gasteiger charge is 2.23. The molecular weight excluding hydrogens is 164 g/mol. The third-order valence-corrected chi connectivity index (χ3v) is 3.16. The Labute approximate surface area is 69.8 Å². The quantitative estimate of drug-likeness (QED) is 0.542. The second kappa shape index (κ2) is 3.56. The molecule has 1 heterocycles. The molecule has 0 aromatic heterocycles. The predicted octanol–water partition coefficient (Wildman–Crippen LogP) is 1.00. The largest absolute Gasteiger partial charge is 0.376 e. The first-order chi connectivity index (χ1) is 4.77. The van der Waals surface area contributed by atoms with Crippen LogP contribution in [0.25, 0.3) is 0 Å². The van der Waals surface area contributed by atoms with Crippen LogP contribution in [0.15, 0.2) is 11.6 Å². The van der Waals surface area contributed by atoms with Crippen molar-refractivity contribution in [2.45, 2.75) is 24.5 Å². The van der Waals surface area contributed by atoms with Gasteiger partial charge in [0.2, 0.25) is 0 Å². The van der Waals surface area contributed by atoms with Gasteiger partial charge in [0.25, 0.3) is 0 Å². The van der Waals surface area contributed by atoms with Crippen molar-refractivity contribution in [2.24, 2.45) is 0 Å². The summed E-state index contributed by atoms with van der Waals surface area (Å²) in [5, 5.41) is 0.0556. The number of rotatable bonds is 1. The molecule has 58 valence electrons. The average Bonchev–Trinajstić information content (AvgIpc) is 1.89. The molecule has 0 aromatic carbocycles. The van der Waals surface area contributed by atoms with E-state index in [1.54, 1.807) is 5.54 Å². The highest BCUT2D eigenvalue weighted by atomic mass is 35.5. The second-order valence-corrected chi connectivity index (χ2v) is 4.86. The summed E-state index contributed by atoms with van der Waals surface area (Å²) in [6.07, 6.45) is 5.63. The highest BCUT2D eigenvalue weighted by molar-refractivity contribution is 6.26. The van der Waals surface area contributed by atoms with Crippen LogP contribution in [0.4, 0.5) is 0 Å². The number of halogens is 1. The topological polar surface area (TPSA) is 9.23 Å². The molecule has 1 unspecified atom stereocenters. The Kier molecular flexibility index (Phi) is 2.95. The van der Waals surface area contributed by atoms with Crippen molar-refractivity contribution in [3.63, 3.8) is 0 Å². The van der Waals surface area contributed by atoms with Crippen LogP contribution in [-0.4, -0.2) is 22.1 Å². The van der Waals surface area contributed by atoms with Crippen molar-refractivity contribution >= 4 is 21.8 Å². The Balaban J connectivity index is 2.48. The first-order valence-electron chi connectivity index (χ1n) is 3.69. The summed E-state index contributed by atoms with van der Waals surface area (Å²) in [6, 6.07) is 0.